The van der Waals surface area contributed by atoms with Gasteiger partial charge in [0.05, 0.1) is 18.9 Å². The molecule has 0 unspecified atom stereocenters. The Morgan fingerprint density at radius 3 is 3.06 bits per heavy atom. The quantitative estimate of drug-likeness (QED) is 0.651. The first-order valence-corrected chi connectivity index (χ1v) is 5.47. The third kappa shape index (κ3) is 2.89. The number of nitrogens with one attached hydrogen (secondary N) is 2. The van der Waals surface area contributed by atoms with Crippen LogP contribution in [0.15, 0.2) is 30.5 Å². The highest BCUT2D eigenvalue weighted by Crippen LogP contribution is 2.15. The molecule has 0 amide bonds. The van der Waals surface area contributed by atoms with E-state index in [2.05, 4.69) is 25.2 Å². The van der Waals surface area contributed by atoms with Gasteiger partial charge in [0.25, 0.3) is 0 Å². The standard InChI is InChI=1S/C11H10N4O2S/c1-17-10(16)7-3-2-4-8(5-7)13-9-6-12-15-11(18)14-9/h2-6H,1H3,(H2,13,14,15,18). The van der Waals surface area contributed by atoms with Crippen molar-refractivity contribution in [2.45, 2.75) is 0 Å². The molecule has 2 N–H and O–H groups in total. The van der Waals surface area contributed by atoms with Crippen molar-refractivity contribution in [3.05, 3.63) is 40.8 Å². The fourth-order valence-corrected chi connectivity index (χ4v) is 1.51. The van der Waals surface area contributed by atoms with Crippen LogP contribution in [0.1, 0.15) is 10.4 Å². The maximum absolute atomic E-state index is 11.4. The SMILES string of the molecule is COC(=O)c1cccc(Nc2cn[nH]c(=S)n2)c1. The van der Waals surface area contributed by atoms with E-state index in [1.165, 1.54) is 13.3 Å². The molecule has 0 radical (unpaired) electrons. The second-order valence-corrected chi connectivity index (χ2v) is 3.76. The van der Waals surface area contributed by atoms with E-state index in [1.807, 2.05) is 0 Å². The number of nitrogens with zero attached hydrogens (tertiary/aromatic N) is 2. The van der Waals surface area contributed by atoms with Crippen LogP contribution < -0.4 is 5.32 Å². The fraction of sp³-hybridized carbons (Fsp3) is 0.0909. The molecule has 0 bridgehead atoms. The molecule has 0 atom stereocenters. The summed E-state index contributed by atoms with van der Waals surface area (Å²) in [5.41, 5.74) is 1.16. The van der Waals surface area contributed by atoms with Gasteiger partial charge >= 0.3 is 5.97 Å². The Kier molecular flexibility index (Phi) is 3.63. The molecule has 1 aromatic carbocycles. The zero-order valence-corrected chi connectivity index (χ0v) is 10.3. The summed E-state index contributed by atoms with van der Waals surface area (Å²) in [6.07, 6.45) is 1.50. The molecular formula is C11H10N4O2S. The number of anilines is 2. The van der Waals surface area contributed by atoms with E-state index in [1.54, 1.807) is 24.3 Å². The minimum Gasteiger partial charge on any atom is -0.465 e. The van der Waals surface area contributed by atoms with Crippen LogP contribution in [0, 0.1) is 4.77 Å². The molecule has 1 aromatic heterocycles. The van der Waals surface area contributed by atoms with Crippen molar-refractivity contribution in [3.63, 3.8) is 0 Å². The number of hydrogen-bond donors (Lipinski definition) is 2. The zero-order chi connectivity index (χ0) is 13.0. The lowest BCUT2D eigenvalue weighted by molar-refractivity contribution is 0.0601. The van der Waals surface area contributed by atoms with Crippen LogP contribution in [-0.2, 0) is 4.74 Å². The molecule has 0 fully saturated rings. The monoisotopic (exact) mass is 262 g/mol. The minimum atomic E-state index is -0.393. The van der Waals surface area contributed by atoms with Gasteiger partial charge in [0.2, 0.25) is 4.77 Å². The lowest BCUT2D eigenvalue weighted by Gasteiger charge is -2.06. The fourth-order valence-electron chi connectivity index (χ4n) is 1.36. The number of carbonyl (C=O) groups is 1. The summed E-state index contributed by atoms with van der Waals surface area (Å²) in [5, 5.41) is 9.34. The minimum absolute atomic E-state index is 0.282. The smallest absolute Gasteiger partial charge is 0.337 e. The van der Waals surface area contributed by atoms with Crippen molar-refractivity contribution in [3.8, 4) is 0 Å². The summed E-state index contributed by atoms with van der Waals surface area (Å²) in [5.74, 6) is 0.107. The number of rotatable bonds is 3. The van der Waals surface area contributed by atoms with Crippen molar-refractivity contribution in [2.75, 3.05) is 12.4 Å². The number of hydrogen-bond acceptors (Lipinski definition) is 6. The molecule has 2 aromatic rings. The molecule has 0 spiro atoms. The van der Waals surface area contributed by atoms with E-state index in [0.29, 0.717) is 17.1 Å². The molecule has 0 aliphatic carbocycles. The molecule has 0 saturated heterocycles. The number of carbonyl (C=O) groups excluding carboxylic acids is 1. The topological polar surface area (TPSA) is 79.9 Å². The predicted molar refractivity (Wildman–Crippen MR) is 68.3 cm³/mol. The molecule has 1 heterocycles. The largest absolute Gasteiger partial charge is 0.465 e. The maximum atomic E-state index is 11.4. The number of methoxy groups -OCH3 is 1. The average Bonchev–Trinajstić information content (AvgIpc) is 2.38. The summed E-state index contributed by atoms with van der Waals surface area (Å²) < 4.78 is 4.93. The summed E-state index contributed by atoms with van der Waals surface area (Å²) in [4.78, 5) is 15.4. The molecule has 6 nitrogen and oxygen atoms in total. The van der Waals surface area contributed by atoms with Gasteiger partial charge in [-0.1, -0.05) is 6.07 Å². The number of benzene rings is 1. The van der Waals surface area contributed by atoms with E-state index in [9.17, 15) is 4.79 Å². The Bertz CT molecular complexity index is 626. The highest BCUT2D eigenvalue weighted by Gasteiger charge is 2.05. The Labute approximate surface area is 108 Å². The Morgan fingerprint density at radius 1 is 1.50 bits per heavy atom. The Morgan fingerprint density at radius 2 is 2.33 bits per heavy atom. The first-order valence-electron chi connectivity index (χ1n) is 5.06. The van der Waals surface area contributed by atoms with Gasteiger partial charge in [0, 0.05) is 5.69 Å². The van der Waals surface area contributed by atoms with E-state index in [-0.39, 0.29) is 4.77 Å². The predicted octanol–water partition coefficient (Wildman–Crippen LogP) is 2.06. The average molecular weight is 262 g/mol. The van der Waals surface area contributed by atoms with Gasteiger partial charge in [-0.25, -0.2) is 4.79 Å². The first kappa shape index (κ1) is 12.2. The van der Waals surface area contributed by atoms with Crippen LogP contribution in [0.4, 0.5) is 11.5 Å². The second-order valence-electron chi connectivity index (χ2n) is 3.37. The van der Waals surface area contributed by atoms with Gasteiger partial charge in [-0.3, -0.25) is 5.10 Å². The lowest BCUT2D eigenvalue weighted by atomic mass is 10.2. The van der Waals surface area contributed by atoms with Crippen LogP contribution >= 0.6 is 12.2 Å². The molecule has 0 aliphatic rings. The maximum Gasteiger partial charge on any atom is 0.337 e. The van der Waals surface area contributed by atoms with Gasteiger partial charge in [-0.15, -0.1) is 0 Å². The van der Waals surface area contributed by atoms with Crippen molar-refractivity contribution >= 4 is 29.7 Å². The molecule has 92 valence electrons. The highest BCUT2D eigenvalue weighted by atomic mass is 32.1. The van der Waals surface area contributed by atoms with Crippen molar-refractivity contribution in [1.29, 1.82) is 0 Å². The number of H-pyrrole nitrogens is 1. The Hall–Kier alpha value is -2.28. The van der Waals surface area contributed by atoms with Crippen molar-refractivity contribution in [2.24, 2.45) is 0 Å². The van der Waals surface area contributed by atoms with Gasteiger partial charge in [-0.05, 0) is 30.4 Å². The number of aromatic amines is 1. The van der Waals surface area contributed by atoms with Crippen LogP contribution in [0.2, 0.25) is 0 Å². The second kappa shape index (κ2) is 5.37. The molecule has 0 saturated carbocycles. The van der Waals surface area contributed by atoms with Crippen LogP contribution in [0.25, 0.3) is 0 Å². The summed E-state index contributed by atoms with van der Waals surface area (Å²) >= 11 is 4.86. The van der Waals surface area contributed by atoms with Crippen LogP contribution in [-0.4, -0.2) is 28.3 Å². The summed E-state index contributed by atoms with van der Waals surface area (Å²) in [7, 11) is 1.34. The molecule has 7 heteroatoms. The van der Waals surface area contributed by atoms with Crippen molar-refractivity contribution < 1.29 is 9.53 Å². The zero-order valence-electron chi connectivity index (χ0n) is 9.51. The van der Waals surface area contributed by atoms with E-state index < -0.39 is 5.97 Å². The van der Waals surface area contributed by atoms with Crippen LogP contribution in [0.5, 0.6) is 0 Å². The van der Waals surface area contributed by atoms with Gasteiger partial charge in [-0.2, -0.15) is 10.1 Å². The molecular weight excluding hydrogens is 252 g/mol. The lowest BCUT2D eigenvalue weighted by Crippen LogP contribution is -2.02. The molecule has 18 heavy (non-hydrogen) atoms. The number of esters is 1. The summed E-state index contributed by atoms with van der Waals surface area (Å²) in [6, 6.07) is 6.87. The van der Waals surface area contributed by atoms with Gasteiger partial charge < -0.3 is 10.1 Å². The Balaban J connectivity index is 2.24. The van der Waals surface area contributed by atoms with E-state index in [4.69, 9.17) is 12.2 Å². The van der Waals surface area contributed by atoms with Gasteiger partial charge in [0.1, 0.15) is 0 Å². The van der Waals surface area contributed by atoms with Gasteiger partial charge in [0.15, 0.2) is 5.82 Å². The first-order chi connectivity index (χ1) is 8.69. The molecule has 2 rings (SSSR count). The van der Waals surface area contributed by atoms with E-state index >= 15 is 0 Å². The third-order valence-electron chi connectivity index (χ3n) is 2.13. The summed E-state index contributed by atoms with van der Waals surface area (Å²) in [6.45, 7) is 0. The number of aromatic nitrogens is 3. The molecule has 0 aliphatic heterocycles. The van der Waals surface area contributed by atoms with Crippen LogP contribution in [0.3, 0.4) is 0 Å². The van der Waals surface area contributed by atoms with E-state index in [0.717, 1.165) is 0 Å². The number of ether oxygens (including phenoxy) is 1. The highest BCUT2D eigenvalue weighted by molar-refractivity contribution is 7.71. The normalized spacial score (nSPS) is 9.83. The third-order valence-corrected chi connectivity index (χ3v) is 2.31. The van der Waals surface area contributed by atoms with Crippen molar-refractivity contribution in [1.82, 2.24) is 15.2 Å².